The molecule has 1 aromatic carbocycles. The number of hydrogen-bond acceptors (Lipinski definition) is 5. The zero-order valence-corrected chi connectivity index (χ0v) is 9.22. The molecule has 0 fully saturated rings. The van der Waals surface area contributed by atoms with E-state index in [2.05, 4.69) is 15.5 Å². The molecule has 7 nitrogen and oxygen atoms in total. The van der Waals surface area contributed by atoms with Crippen LogP contribution in [0.3, 0.4) is 0 Å². The zero-order chi connectivity index (χ0) is 11.8. The van der Waals surface area contributed by atoms with Gasteiger partial charge in [-0.15, -0.1) is 5.10 Å². The van der Waals surface area contributed by atoms with Crippen LogP contribution in [-0.4, -0.2) is 28.6 Å². The fraction of sp³-hybridized carbons (Fsp3) is 0.125. The molecule has 0 aliphatic carbocycles. The lowest BCUT2D eigenvalue weighted by Crippen LogP contribution is -2.12. The average molecular weight is 239 g/mol. The standard InChI is InChI=1S/C8H9N5O2S/c1-6-10-11-12-13(6)7-2-4-8(5-3-7)16(9,14)15/h2-5H,1H3,(H2,9,14,15). The highest BCUT2D eigenvalue weighted by atomic mass is 32.2. The molecule has 0 radical (unpaired) electrons. The summed E-state index contributed by atoms with van der Waals surface area (Å²) < 4.78 is 23.5. The van der Waals surface area contributed by atoms with Crippen LogP contribution < -0.4 is 5.14 Å². The van der Waals surface area contributed by atoms with Gasteiger partial charge in [-0.25, -0.2) is 13.6 Å². The van der Waals surface area contributed by atoms with E-state index in [0.717, 1.165) is 0 Å². The van der Waals surface area contributed by atoms with E-state index in [4.69, 9.17) is 5.14 Å². The van der Waals surface area contributed by atoms with Gasteiger partial charge >= 0.3 is 0 Å². The van der Waals surface area contributed by atoms with Crippen molar-refractivity contribution in [1.82, 2.24) is 20.2 Å². The van der Waals surface area contributed by atoms with E-state index >= 15 is 0 Å². The van der Waals surface area contributed by atoms with Gasteiger partial charge in [0.1, 0.15) is 0 Å². The van der Waals surface area contributed by atoms with Gasteiger partial charge in [0.15, 0.2) is 5.82 Å². The maximum atomic E-state index is 11.0. The maximum absolute atomic E-state index is 11.0. The summed E-state index contributed by atoms with van der Waals surface area (Å²) in [5.41, 5.74) is 0.676. The van der Waals surface area contributed by atoms with Gasteiger partial charge in [0.2, 0.25) is 10.0 Å². The normalized spacial score (nSPS) is 11.6. The summed E-state index contributed by atoms with van der Waals surface area (Å²) in [6.07, 6.45) is 0. The first kappa shape index (κ1) is 10.7. The Morgan fingerprint density at radius 3 is 2.31 bits per heavy atom. The number of hydrogen-bond donors (Lipinski definition) is 1. The van der Waals surface area contributed by atoms with E-state index < -0.39 is 10.0 Å². The minimum Gasteiger partial charge on any atom is -0.225 e. The minimum absolute atomic E-state index is 0.0574. The highest BCUT2D eigenvalue weighted by molar-refractivity contribution is 7.89. The van der Waals surface area contributed by atoms with Gasteiger partial charge in [-0.3, -0.25) is 0 Å². The van der Waals surface area contributed by atoms with Crippen molar-refractivity contribution in [2.45, 2.75) is 11.8 Å². The first-order chi connectivity index (χ1) is 7.48. The molecule has 0 atom stereocenters. The van der Waals surface area contributed by atoms with Crippen LogP contribution in [0.2, 0.25) is 0 Å². The molecule has 0 aliphatic rings. The van der Waals surface area contributed by atoms with Gasteiger partial charge in [-0.05, 0) is 41.6 Å². The van der Waals surface area contributed by atoms with Crippen molar-refractivity contribution < 1.29 is 8.42 Å². The van der Waals surface area contributed by atoms with Crippen LogP contribution in [0.15, 0.2) is 29.2 Å². The van der Waals surface area contributed by atoms with Gasteiger partial charge in [0.05, 0.1) is 10.6 Å². The van der Waals surface area contributed by atoms with Crippen LogP contribution in [0.5, 0.6) is 0 Å². The molecule has 0 saturated carbocycles. The van der Waals surface area contributed by atoms with E-state index in [9.17, 15) is 8.42 Å². The molecule has 2 rings (SSSR count). The molecule has 0 spiro atoms. The fourth-order valence-corrected chi connectivity index (χ4v) is 1.76. The molecule has 1 aromatic heterocycles. The van der Waals surface area contributed by atoms with Gasteiger partial charge in [-0.2, -0.15) is 4.68 Å². The van der Waals surface area contributed by atoms with E-state index in [1.807, 2.05) is 0 Å². The largest absolute Gasteiger partial charge is 0.238 e. The van der Waals surface area contributed by atoms with E-state index in [1.54, 1.807) is 19.1 Å². The maximum Gasteiger partial charge on any atom is 0.238 e. The molecule has 84 valence electrons. The number of benzene rings is 1. The molecule has 0 bridgehead atoms. The van der Waals surface area contributed by atoms with Crippen LogP contribution in [-0.2, 0) is 10.0 Å². The molecular weight excluding hydrogens is 230 g/mol. The minimum atomic E-state index is -3.66. The molecule has 0 aliphatic heterocycles. The van der Waals surface area contributed by atoms with Gasteiger partial charge < -0.3 is 0 Å². The van der Waals surface area contributed by atoms with Crippen LogP contribution in [0, 0.1) is 6.92 Å². The summed E-state index contributed by atoms with van der Waals surface area (Å²) in [5, 5.41) is 15.9. The number of primary sulfonamides is 1. The Morgan fingerprint density at radius 1 is 1.25 bits per heavy atom. The SMILES string of the molecule is Cc1nnnn1-c1ccc(S(N)(=O)=O)cc1. The number of nitrogens with two attached hydrogens (primary N) is 1. The quantitative estimate of drug-likeness (QED) is 0.769. The molecule has 1 heterocycles. The molecule has 2 aromatic rings. The predicted octanol–water partition coefficient (Wildman–Crippen LogP) is -0.382. The monoisotopic (exact) mass is 239 g/mol. The first-order valence-electron chi connectivity index (χ1n) is 4.37. The third-order valence-electron chi connectivity index (χ3n) is 2.04. The Hall–Kier alpha value is -1.80. The second-order valence-corrected chi connectivity index (χ2v) is 4.74. The van der Waals surface area contributed by atoms with Crippen LogP contribution in [0.1, 0.15) is 5.82 Å². The zero-order valence-electron chi connectivity index (χ0n) is 8.40. The smallest absolute Gasteiger partial charge is 0.225 e. The second-order valence-electron chi connectivity index (χ2n) is 3.18. The van der Waals surface area contributed by atoms with Crippen molar-refractivity contribution in [1.29, 1.82) is 0 Å². The number of aromatic nitrogens is 4. The Balaban J connectivity index is 2.45. The molecule has 0 saturated heterocycles. The predicted molar refractivity (Wildman–Crippen MR) is 55.3 cm³/mol. The van der Waals surface area contributed by atoms with Crippen molar-refractivity contribution in [3.8, 4) is 5.69 Å². The number of tetrazole rings is 1. The van der Waals surface area contributed by atoms with Crippen LogP contribution in [0.4, 0.5) is 0 Å². The third kappa shape index (κ3) is 1.92. The summed E-state index contributed by atoms with van der Waals surface area (Å²) in [7, 11) is -3.66. The fourth-order valence-electron chi connectivity index (χ4n) is 1.25. The number of rotatable bonds is 2. The Labute approximate surface area is 91.9 Å². The second kappa shape index (κ2) is 3.65. The molecule has 16 heavy (non-hydrogen) atoms. The number of aryl methyl sites for hydroxylation is 1. The van der Waals surface area contributed by atoms with Crippen molar-refractivity contribution >= 4 is 10.0 Å². The van der Waals surface area contributed by atoms with Gasteiger partial charge in [-0.1, -0.05) is 0 Å². The summed E-state index contributed by atoms with van der Waals surface area (Å²) in [4.78, 5) is 0.0574. The topological polar surface area (TPSA) is 104 Å². The molecule has 0 unspecified atom stereocenters. The average Bonchev–Trinajstić information content (AvgIpc) is 2.63. The number of sulfonamides is 1. The van der Waals surface area contributed by atoms with Crippen molar-refractivity contribution in [2.24, 2.45) is 5.14 Å². The van der Waals surface area contributed by atoms with Crippen LogP contribution in [0.25, 0.3) is 5.69 Å². The molecule has 0 amide bonds. The highest BCUT2D eigenvalue weighted by Crippen LogP contribution is 2.12. The van der Waals surface area contributed by atoms with Crippen molar-refractivity contribution in [2.75, 3.05) is 0 Å². The summed E-state index contributed by atoms with van der Waals surface area (Å²) in [6, 6.07) is 5.99. The lowest BCUT2D eigenvalue weighted by molar-refractivity contribution is 0.598. The van der Waals surface area contributed by atoms with E-state index in [-0.39, 0.29) is 4.90 Å². The molecule has 8 heteroatoms. The molecular formula is C8H9N5O2S. The van der Waals surface area contributed by atoms with Gasteiger partial charge in [0.25, 0.3) is 0 Å². The summed E-state index contributed by atoms with van der Waals surface area (Å²) in [6.45, 7) is 1.74. The lowest BCUT2D eigenvalue weighted by Gasteiger charge is -2.02. The summed E-state index contributed by atoms with van der Waals surface area (Å²) in [5.74, 6) is 0.614. The first-order valence-corrected chi connectivity index (χ1v) is 5.91. The lowest BCUT2D eigenvalue weighted by atomic mass is 10.3. The van der Waals surface area contributed by atoms with Crippen molar-refractivity contribution in [3.63, 3.8) is 0 Å². The molecule has 2 N–H and O–H groups in total. The highest BCUT2D eigenvalue weighted by Gasteiger charge is 2.08. The van der Waals surface area contributed by atoms with Crippen molar-refractivity contribution in [3.05, 3.63) is 30.1 Å². The van der Waals surface area contributed by atoms with Crippen LogP contribution >= 0.6 is 0 Å². The van der Waals surface area contributed by atoms with Gasteiger partial charge in [0, 0.05) is 0 Å². The Kier molecular flexibility index (Phi) is 2.44. The van der Waals surface area contributed by atoms with E-state index in [1.165, 1.54) is 16.8 Å². The Bertz CT molecular complexity index is 602. The third-order valence-corrected chi connectivity index (χ3v) is 2.96. The van der Waals surface area contributed by atoms with E-state index in [0.29, 0.717) is 11.5 Å². The Morgan fingerprint density at radius 2 is 1.88 bits per heavy atom. The summed E-state index contributed by atoms with van der Waals surface area (Å²) >= 11 is 0. The number of nitrogens with zero attached hydrogens (tertiary/aromatic N) is 4.